The quantitative estimate of drug-likeness (QED) is 0.924. The summed E-state index contributed by atoms with van der Waals surface area (Å²) in [7, 11) is 0. The number of hydrogen-bond acceptors (Lipinski definition) is 3. The van der Waals surface area contributed by atoms with Crippen LogP contribution in [-0.4, -0.2) is 9.13 Å². The molecule has 6 heteroatoms. The maximum Gasteiger partial charge on any atom is 0.332 e. The van der Waals surface area contributed by atoms with Gasteiger partial charge in [-0.1, -0.05) is 37.3 Å². The summed E-state index contributed by atoms with van der Waals surface area (Å²) in [5.41, 5.74) is 6.10. The SMILES string of the molecule is CCCn1c(=O)c(Br)c(N)n(Cc2ccccc2)c1=O. The lowest BCUT2D eigenvalue weighted by Gasteiger charge is -2.14. The Bertz CT molecular complexity index is 720. The maximum atomic E-state index is 12.4. The topological polar surface area (TPSA) is 70.0 Å². The van der Waals surface area contributed by atoms with Crippen LogP contribution in [0.15, 0.2) is 44.4 Å². The number of hydrogen-bond donors (Lipinski definition) is 1. The van der Waals surface area contributed by atoms with Crippen molar-refractivity contribution >= 4 is 21.7 Å². The number of anilines is 1. The van der Waals surface area contributed by atoms with Crippen molar-refractivity contribution in [2.24, 2.45) is 0 Å². The van der Waals surface area contributed by atoms with Gasteiger partial charge in [-0.2, -0.15) is 0 Å². The van der Waals surface area contributed by atoms with Crippen LogP contribution in [0.1, 0.15) is 18.9 Å². The van der Waals surface area contributed by atoms with E-state index in [1.807, 2.05) is 37.3 Å². The smallest absolute Gasteiger partial charge is 0.332 e. The Morgan fingerprint density at radius 1 is 1.15 bits per heavy atom. The van der Waals surface area contributed by atoms with Gasteiger partial charge in [0.25, 0.3) is 5.56 Å². The van der Waals surface area contributed by atoms with E-state index in [1.54, 1.807) is 0 Å². The molecule has 1 heterocycles. The first kappa shape index (κ1) is 14.6. The van der Waals surface area contributed by atoms with Crippen LogP contribution in [0.3, 0.4) is 0 Å². The van der Waals surface area contributed by atoms with E-state index in [2.05, 4.69) is 15.9 Å². The molecule has 2 rings (SSSR count). The Balaban J connectivity index is 2.58. The molecular weight excluding hydrogens is 322 g/mol. The highest BCUT2D eigenvalue weighted by Crippen LogP contribution is 2.13. The molecule has 106 valence electrons. The molecule has 20 heavy (non-hydrogen) atoms. The summed E-state index contributed by atoms with van der Waals surface area (Å²) in [5, 5.41) is 0. The monoisotopic (exact) mass is 337 g/mol. The summed E-state index contributed by atoms with van der Waals surface area (Å²) in [5.74, 6) is 0.163. The lowest BCUT2D eigenvalue weighted by Crippen LogP contribution is -2.41. The van der Waals surface area contributed by atoms with Crippen molar-refractivity contribution in [2.45, 2.75) is 26.4 Å². The first-order chi connectivity index (χ1) is 9.56. The van der Waals surface area contributed by atoms with E-state index in [-0.39, 0.29) is 21.5 Å². The van der Waals surface area contributed by atoms with Crippen molar-refractivity contribution in [1.29, 1.82) is 0 Å². The predicted octanol–water partition coefficient (Wildman–Crippen LogP) is 1.81. The Hall–Kier alpha value is -1.82. The molecule has 1 aromatic carbocycles. The second-order valence-corrected chi connectivity index (χ2v) is 5.30. The van der Waals surface area contributed by atoms with Gasteiger partial charge in [-0.3, -0.25) is 13.9 Å². The Morgan fingerprint density at radius 3 is 2.40 bits per heavy atom. The molecule has 0 unspecified atom stereocenters. The maximum absolute atomic E-state index is 12.4. The second-order valence-electron chi connectivity index (χ2n) is 4.51. The fourth-order valence-electron chi connectivity index (χ4n) is 2.02. The third kappa shape index (κ3) is 2.70. The second kappa shape index (κ2) is 6.09. The molecule has 0 aliphatic heterocycles. The molecule has 1 aromatic heterocycles. The molecule has 0 amide bonds. The van der Waals surface area contributed by atoms with Crippen molar-refractivity contribution in [3.05, 3.63) is 61.2 Å². The minimum atomic E-state index is -0.376. The van der Waals surface area contributed by atoms with Crippen LogP contribution in [0.5, 0.6) is 0 Å². The zero-order chi connectivity index (χ0) is 14.7. The number of nitrogens with zero attached hydrogens (tertiary/aromatic N) is 2. The number of aromatic nitrogens is 2. The molecule has 0 saturated heterocycles. The number of nitrogen functional groups attached to an aromatic ring is 1. The molecule has 0 bridgehead atoms. The van der Waals surface area contributed by atoms with E-state index in [0.29, 0.717) is 19.5 Å². The van der Waals surface area contributed by atoms with E-state index in [0.717, 1.165) is 5.56 Å². The van der Waals surface area contributed by atoms with Crippen molar-refractivity contribution in [3.63, 3.8) is 0 Å². The molecule has 0 fully saturated rings. The van der Waals surface area contributed by atoms with Crippen molar-refractivity contribution < 1.29 is 0 Å². The summed E-state index contributed by atoms with van der Waals surface area (Å²) in [4.78, 5) is 24.4. The molecule has 2 aromatic rings. The molecule has 0 saturated carbocycles. The van der Waals surface area contributed by atoms with Crippen LogP contribution >= 0.6 is 15.9 Å². The zero-order valence-electron chi connectivity index (χ0n) is 11.2. The van der Waals surface area contributed by atoms with Gasteiger partial charge in [0.1, 0.15) is 10.3 Å². The highest BCUT2D eigenvalue weighted by atomic mass is 79.9. The van der Waals surface area contributed by atoms with Gasteiger partial charge in [-0.15, -0.1) is 0 Å². The molecule has 0 spiro atoms. The fourth-order valence-corrected chi connectivity index (χ4v) is 2.45. The van der Waals surface area contributed by atoms with Gasteiger partial charge in [0.2, 0.25) is 0 Å². The molecule has 0 atom stereocenters. The van der Waals surface area contributed by atoms with E-state index in [9.17, 15) is 9.59 Å². The third-order valence-electron chi connectivity index (χ3n) is 3.04. The summed E-state index contributed by atoms with van der Waals surface area (Å²) in [6, 6.07) is 9.52. The number of halogens is 1. The summed E-state index contributed by atoms with van der Waals surface area (Å²) in [6.07, 6.45) is 0.705. The average Bonchev–Trinajstić information content (AvgIpc) is 2.47. The third-order valence-corrected chi connectivity index (χ3v) is 3.79. The van der Waals surface area contributed by atoms with E-state index in [4.69, 9.17) is 5.73 Å². The van der Waals surface area contributed by atoms with E-state index >= 15 is 0 Å². The minimum absolute atomic E-state index is 0.163. The van der Waals surface area contributed by atoms with Crippen LogP contribution in [-0.2, 0) is 13.1 Å². The average molecular weight is 338 g/mol. The summed E-state index contributed by atoms with van der Waals surface area (Å²) >= 11 is 3.18. The van der Waals surface area contributed by atoms with Crippen molar-refractivity contribution in [3.8, 4) is 0 Å². The fraction of sp³-hybridized carbons (Fsp3) is 0.286. The van der Waals surface area contributed by atoms with Gasteiger partial charge in [0, 0.05) is 6.54 Å². The number of benzene rings is 1. The molecule has 5 nitrogen and oxygen atoms in total. The van der Waals surface area contributed by atoms with Gasteiger partial charge in [0.15, 0.2) is 0 Å². The predicted molar refractivity (Wildman–Crippen MR) is 82.9 cm³/mol. The molecule has 0 aliphatic carbocycles. The largest absolute Gasteiger partial charge is 0.384 e. The lowest BCUT2D eigenvalue weighted by molar-refractivity contribution is 0.567. The Labute approximate surface area is 124 Å². The van der Waals surface area contributed by atoms with Crippen LogP contribution in [0.4, 0.5) is 5.82 Å². The van der Waals surface area contributed by atoms with Gasteiger partial charge < -0.3 is 5.73 Å². The van der Waals surface area contributed by atoms with Crippen molar-refractivity contribution in [2.75, 3.05) is 5.73 Å². The summed E-state index contributed by atoms with van der Waals surface area (Å²) in [6.45, 7) is 2.64. The minimum Gasteiger partial charge on any atom is -0.384 e. The standard InChI is InChI=1S/C14H16BrN3O2/c1-2-8-17-13(19)11(15)12(16)18(14(17)20)9-10-6-4-3-5-7-10/h3-7H,2,8-9,16H2,1H3. The molecule has 2 N–H and O–H groups in total. The summed E-state index contributed by atoms with van der Waals surface area (Å²) < 4.78 is 2.86. The van der Waals surface area contributed by atoms with Gasteiger partial charge in [0.05, 0.1) is 6.54 Å². The van der Waals surface area contributed by atoms with Crippen molar-refractivity contribution in [1.82, 2.24) is 9.13 Å². The van der Waals surface area contributed by atoms with Crippen LogP contribution in [0, 0.1) is 0 Å². The molecular formula is C14H16BrN3O2. The first-order valence-corrected chi connectivity index (χ1v) is 7.18. The zero-order valence-corrected chi connectivity index (χ0v) is 12.8. The van der Waals surface area contributed by atoms with Gasteiger partial charge in [-0.25, -0.2) is 4.79 Å². The Kier molecular flexibility index (Phi) is 4.44. The van der Waals surface area contributed by atoms with Gasteiger partial charge in [-0.05, 0) is 27.9 Å². The van der Waals surface area contributed by atoms with E-state index in [1.165, 1.54) is 9.13 Å². The van der Waals surface area contributed by atoms with Gasteiger partial charge >= 0.3 is 5.69 Å². The highest BCUT2D eigenvalue weighted by Gasteiger charge is 2.14. The molecule has 0 aliphatic rings. The van der Waals surface area contributed by atoms with Crippen LogP contribution < -0.4 is 17.0 Å². The normalized spacial score (nSPS) is 10.7. The highest BCUT2D eigenvalue weighted by molar-refractivity contribution is 9.10. The van der Waals surface area contributed by atoms with Crippen LogP contribution in [0.25, 0.3) is 0 Å². The molecule has 0 radical (unpaired) electrons. The number of rotatable bonds is 4. The number of nitrogens with two attached hydrogens (primary N) is 1. The van der Waals surface area contributed by atoms with E-state index < -0.39 is 0 Å². The Morgan fingerprint density at radius 2 is 1.80 bits per heavy atom. The lowest BCUT2D eigenvalue weighted by atomic mass is 10.2. The first-order valence-electron chi connectivity index (χ1n) is 6.38. The van der Waals surface area contributed by atoms with Crippen LogP contribution in [0.2, 0.25) is 0 Å².